The molecule has 1 fully saturated rings. The maximum Gasteiger partial charge on any atom is 0.117 e. The van der Waals surface area contributed by atoms with Crippen molar-refractivity contribution in [1.29, 1.82) is 0 Å². The fourth-order valence-electron chi connectivity index (χ4n) is 1.76. The lowest BCUT2D eigenvalue weighted by atomic mass is 10.1. The van der Waals surface area contributed by atoms with E-state index in [4.69, 9.17) is 16.3 Å². The number of rotatable bonds is 6. The third-order valence-electron chi connectivity index (χ3n) is 2.88. The zero-order chi connectivity index (χ0) is 12.8. The van der Waals surface area contributed by atoms with E-state index in [-0.39, 0.29) is 6.10 Å². The molecule has 1 aliphatic heterocycles. The van der Waals surface area contributed by atoms with Gasteiger partial charge in [-0.15, -0.1) is 6.42 Å². The average Bonchev–Trinajstić information content (AvgIpc) is 2.40. The average molecular weight is 240 g/mol. The van der Waals surface area contributed by atoms with E-state index < -0.39 is 0 Å². The molecule has 1 heterocycles. The number of hydrogen-bond acceptors (Lipinski definition) is 2. The molecule has 100 valence electrons. The van der Waals surface area contributed by atoms with Crippen molar-refractivity contribution in [1.82, 2.24) is 0 Å². The predicted octanol–water partition coefficient (Wildman–Crippen LogP) is 3.53. The Balaban J connectivity index is 0.000000302. The zero-order valence-electron chi connectivity index (χ0n) is 11.3. The van der Waals surface area contributed by atoms with Crippen molar-refractivity contribution in [2.24, 2.45) is 0 Å². The minimum Gasteiger partial charge on any atom is -0.396 e. The minimum atomic E-state index is 0.115. The molecule has 17 heavy (non-hydrogen) atoms. The molecule has 1 atom stereocenters. The third-order valence-corrected chi connectivity index (χ3v) is 2.88. The van der Waals surface area contributed by atoms with Crippen LogP contribution in [0.2, 0.25) is 0 Å². The van der Waals surface area contributed by atoms with Crippen LogP contribution in [-0.4, -0.2) is 24.4 Å². The normalized spacial score (nSPS) is 19.0. The number of aliphatic hydroxyl groups excluding tert-OH is 1. The first-order valence-electron chi connectivity index (χ1n) is 7.03. The summed E-state index contributed by atoms with van der Waals surface area (Å²) in [6.07, 6.45) is 16.2. The topological polar surface area (TPSA) is 29.5 Å². The van der Waals surface area contributed by atoms with Crippen LogP contribution in [0.4, 0.5) is 0 Å². The Bertz CT molecular complexity index is 172. The van der Waals surface area contributed by atoms with Crippen LogP contribution >= 0.6 is 0 Å². The standard InChI is InChI=1S/C8H18O.C7H10O/c1-2-3-4-5-6-7-8-9;1-2-7-5-3-4-6-8-7/h9H,2-8H2,1H3;1,7H,3-6H2. The maximum atomic E-state index is 8.42. The van der Waals surface area contributed by atoms with Gasteiger partial charge in [0.1, 0.15) is 6.10 Å². The van der Waals surface area contributed by atoms with Gasteiger partial charge in [-0.3, -0.25) is 0 Å². The third kappa shape index (κ3) is 11.7. The molecule has 1 unspecified atom stereocenters. The molecule has 0 aromatic carbocycles. The number of ether oxygens (including phenoxy) is 1. The second kappa shape index (κ2) is 13.5. The van der Waals surface area contributed by atoms with Crippen LogP contribution < -0.4 is 0 Å². The SMILES string of the molecule is C#CC1CCCCO1.CCCCCCCCO. The molecular weight excluding hydrogens is 212 g/mol. The molecular formula is C15H28O2. The highest BCUT2D eigenvalue weighted by molar-refractivity contribution is 4.95. The highest BCUT2D eigenvalue weighted by Crippen LogP contribution is 2.10. The Morgan fingerprint density at radius 3 is 2.35 bits per heavy atom. The van der Waals surface area contributed by atoms with Crippen molar-refractivity contribution in [3.8, 4) is 12.3 Å². The van der Waals surface area contributed by atoms with E-state index in [9.17, 15) is 0 Å². The Labute approximate surface area is 107 Å². The van der Waals surface area contributed by atoms with Gasteiger partial charge in [-0.25, -0.2) is 0 Å². The molecule has 1 rings (SSSR count). The molecule has 0 aliphatic carbocycles. The van der Waals surface area contributed by atoms with E-state index in [1.54, 1.807) is 0 Å². The number of aliphatic hydroxyl groups is 1. The molecule has 0 saturated carbocycles. The van der Waals surface area contributed by atoms with Crippen molar-refractivity contribution in [2.75, 3.05) is 13.2 Å². The summed E-state index contributed by atoms with van der Waals surface area (Å²) in [6.45, 7) is 3.44. The summed E-state index contributed by atoms with van der Waals surface area (Å²) in [5.41, 5.74) is 0. The summed E-state index contributed by atoms with van der Waals surface area (Å²) in [4.78, 5) is 0. The monoisotopic (exact) mass is 240 g/mol. The van der Waals surface area contributed by atoms with Gasteiger partial charge in [-0.1, -0.05) is 44.9 Å². The van der Waals surface area contributed by atoms with E-state index in [1.807, 2.05) is 0 Å². The fraction of sp³-hybridized carbons (Fsp3) is 0.867. The smallest absolute Gasteiger partial charge is 0.117 e. The number of terminal acetylenes is 1. The van der Waals surface area contributed by atoms with E-state index in [0.717, 1.165) is 19.4 Å². The highest BCUT2D eigenvalue weighted by atomic mass is 16.5. The van der Waals surface area contributed by atoms with Crippen LogP contribution in [0.3, 0.4) is 0 Å². The van der Waals surface area contributed by atoms with Crippen LogP contribution in [0.1, 0.15) is 64.7 Å². The first kappa shape index (κ1) is 16.5. The lowest BCUT2D eigenvalue weighted by Crippen LogP contribution is -2.16. The lowest BCUT2D eigenvalue weighted by molar-refractivity contribution is 0.0526. The van der Waals surface area contributed by atoms with Gasteiger partial charge in [-0.05, 0) is 25.7 Å². The van der Waals surface area contributed by atoms with E-state index in [1.165, 1.54) is 44.9 Å². The van der Waals surface area contributed by atoms with E-state index in [2.05, 4.69) is 12.8 Å². The number of hydrogen-bond donors (Lipinski definition) is 1. The summed E-state index contributed by atoms with van der Waals surface area (Å²) < 4.78 is 5.19. The van der Waals surface area contributed by atoms with Gasteiger partial charge in [0.2, 0.25) is 0 Å². The van der Waals surface area contributed by atoms with Crippen molar-refractivity contribution in [3.05, 3.63) is 0 Å². The van der Waals surface area contributed by atoms with Crippen molar-refractivity contribution in [2.45, 2.75) is 70.8 Å². The quantitative estimate of drug-likeness (QED) is 0.568. The molecule has 0 radical (unpaired) electrons. The molecule has 1 aliphatic rings. The highest BCUT2D eigenvalue weighted by Gasteiger charge is 2.08. The van der Waals surface area contributed by atoms with E-state index >= 15 is 0 Å². The van der Waals surface area contributed by atoms with Crippen molar-refractivity contribution in [3.63, 3.8) is 0 Å². The summed E-state index contributed by atoms with van der Waals surface area (Å²) in [6, 6.07) is 0. The van der Waals surface area contributed by atoms with Crippen molar-refractivity contribution >= 4 is 0 Å². The molecule has 2 nitrogen and oxygen atoms in total. The first-order chi connectivity index (χ1) is 8.35. The fourth-order valence-corrected chi connectivity index (χ4v) is 1.76. The Hall–Kier alpha value is -0.520. The largest absolute Gasteiger partial charge is 0.396 e. The summed E-state index contributed by atoms with van der Waals surface area (Å²) in [7, 11) is 0. The molecule has 1 N–H and O–H groups in total. The minimum absolute atomic E-state index is 0.115. The second-order valence-electron chi connectivity index (χ2n) is 4.51. The summed E-state index contributed by atoms with van der Waals surface area (Å²) in [5, 5.41) is 8.42. The lowest BCUT2D eigenvalue weighted by Gasteiger charge is -2.16. The Morgan fingerprint density at radius 1 is 1.18 bits per heavy atom. The van der Waals surface area contributed by atoms with Gasteiger partial charge in [0, 0.05) is 13.2 Å². The molecule has 1 saturated heterocycles. The van der Waals surface area contributed by atoms with Gasteiger partial charge in [0.05, 0.1) is 0 Å². The van der Waals surface area contributed by atoms with E-state index in [0.29, 0.717) is 6.61 Å². The van der Waals surface area contributed by atoms with Crippen molar-refractivity contribution < 1.29 is 9.84 Å². The predicted molar refractivity (Wildman–Crippen MR) is 72.9 cm³/mol. The van der Waals surface area contributed by atoms with Crippen LogP contribution in [0.15, 0.2) is 0 Å². The van der Waals surface area contributed by atoms with Crippen LogP contribution in [0.5, 0.6) is 0 Å². The van der Waals surface area contributed by atoms with Gasteiger partial charge < -0.3 is 9.84 Å². The second-order valence-corrected chi connectivity index (χ2v) is 4.51. The molecule has 0 amide bonds. The molecule has 0 spiro atoms. The van der Waals surface area contributed by atoms with Gasteiger partial charge >= 0.3 is 0 Å². The zero-order valence-corrected chi connectivity index (χ0v) is 11.3. The summed E-state index contributed by atoms with van der Waals surface area (Å²) >= 11 is 0. The molecule has 0 aromatic rings. The Morgan fingerprint density at radius 2 is 1.88 bits per heavy atom. The molecule has 0 aromatic heterocycles. The first-order valence-corrected chi connectivity index (χ1v) is 7.03. The number of unbranched alkanes of at least 4 members (excludes halogenated alkanes) is 5. The Kier molecular flexibility index (Phi) is 13.1. The van der Waals surface area contributed by atoms with Crippen LogP contribution in [0, 0.1) is 12.3 Å². The van der Waals surface area contributed by atoms with Crippen LogP contribution in [0.25, 0.3) is 0 Å². The molecule has 0 bridgehead atoms. The molecule has 2 heteroatoms. The summed E-state index contributed by atoms with van der Waals surface area (Å²) in [5.74, 6) is 2.58. The van der Waals surface area contributed by atoms with Gasteiger partial charge in [0.15, 0.2) is 0 Å². The van der Waals surface area contributed by atoms with Crippen LogP contribution in [-0.2, 0) is 4.74 Å². The maximum absolute atomic E-state index is 8.42. The van der Waals surface area contributed by atoms with Gasteiger partial charge in [0.25, 0.3) is 0 Å². The van der Waals surface area contributed by atoms with Gasteiger partial charge in [-0.2, -0.15) is 0 Å².